The first kappa shape index (κ1) is 13.8. The van der Waals surface area contributed by atoms with Crippen LogP contribution in [0.2, 0.25) is 0 Å². The molecule has 5 heteroatoms. The lowest BCUT2D eigenvalue weighted by Gasteiger charge is -2.42. The minimum absolute atomic E-state index is 0.635. The van der Waals surface area contributed by atoms with Crippen molar-refractivity contribution < 1.29 is 9.90 Å². The largest absolute Gasteiger partial charge is 0.480 e. The zero-order valence-corrected chi connectivity index (χ0v) is 12.3. The van der Waals surface area contributed by atoms with Crippen molar-refractivity contribution in [2.24, 2.45) is 0 Å². The number of aliphatic carboxylic acids is 1. The van der Waals surface area contributed by atoms with E-state index in [1.54, 1.807) is 6.92 Å². The molecule has 0 spiro atoms. The third-order valence-corrected chi connectivity index (χ3v) is 4.33. The summed E-state index contributed by atoms with van der Waals surface area (Å²) in [6, 6.07) is 7.68. The van der Waals surface area contributed by atoms with Gasteiger partial charge in [0.2, 0.25) is 0 Å². The molecule has 1 aliphatic heterocycles. The Morgan fingerprint density at radius 1 is 1.24 bits per heavy atom. The molecule has 0 radical (unpaired) electrons. The summed E-state index contributed by atoms with van der Waals surface area (Å²) < 4.78 is 0. The molecule has 1 unspecified atom stereocenters. The molecule has 0 saturated carbocycles. The van der Waals surface area contributed by atoms with Crippen molar-refractivity contribution in [3.8, 4) is 0 Å². The van der Waals surface area contributed by atoms with E-state index in [1.165, 1.54) is 0 Å². The number of anilines is 1. The van der Waals surface area contributed by atoms with Crippen LogP contribution in [0, 0.1) is 6.92 Å². The van der Waals surface area contributed by atoms with Crippen molar-refractivity contribution in [2.75, 3.05) is 11.4 Å². The van der Waals surface area contributed by atoms with Gasteiger partial charge in [0.05, 0.1) is 16.7 Å². The quantitative estimate of drug-likeness (QED) is 0.919. The number of fused-ring (bicyclic) bond motifs is 1. The molecule has 1 saturated heterocycles. The molecule has 5 nitrogen and oxygen atoms in total. The Hall–Kier alpha value is -2.17. The molecule has 1 atom stereocenters. The maximum atomic E-state index is 11.7. The lowest BCUT2D eigenvalue weighted by Crippen LogP contribution is -2.56. The molecule has 1 aromatic carbocycles. The zero-order chi connectivity index (χ0) is 15.0. The highest BCUT2D eigenvalue weighted by Gasteiger charge is 2.42. The normalized spacial score (nSPS) is 22.5. The van der Waals surface area contributed by atoms with Crippen molar-refractivity contribution in [2.45, 2.75) is 38.6 Å². The third-order valence-electron chi connectivity index (χ3n) is 4.33. The van der Waals surface area contributed by atoms with Gasteiger partial charge < -0.3 is 10.0 Å². The topological polar surface area (TPSA) is 66.3 Å². The summed E-state index contributed by atoms with van der Waals surface area (Å²) in [5.74, 6) is -0.102. The molecule has 1 fully saturated rings. The molecule has 110 valence electrons. The van der Waals surface area contributed by atoms with Crippen LogP contribution in [0.1, 0.15) is 31.9 Å². The monoisotopic (exact) mass is 285 g/mol. The summed E-state index contributed by atoms with van der Waals surface area (Å²) in [4.78, 5) is 22.9. The highest BCUT2D eigenvalue weighted by molar-refractivity contribution is 5.84. The van der Waals surface area contributed by atoms with Crippen LogP contribution in [-0.2, 0) is 4.79 Å². The minimum atomic E-state index is -0.903. The van der Waals surface area contributed by atoms with Crippen LogP contribution < -0.4 is 4.90 Å². The van der Waals surface area contributed by atoms with E-state index in [4.69, 9.17) is 0 Å². The second kappa shape index (κ2) is 4.98. The van der Waals surface area contributed by atoms with Crippen LogP contribution in [0.15, 0.2) is 24.3 Å². The molecule has 0 amide bonds. The van der Waals surface area contributed by atoms with Gasteiger partial charge in [-0.3, -0.25) is 0 Å². The summed E-state index contributed by atoms with van der Waals surface area (Å²) in [6.07, 6.45) is 2.55. The number of rotatable bonds is 2. The van der Waals surface area contributed by atoms with Gasteiger partial charge in [-0.25, -0.2) is 14.8 Å². The molecule has 2 heterocycles. The van der Waals surface area contributed by atoms with E-state index in [9.17, 15) is 9.90 Å². The third kappa shape index (κ3) is 2.22. The fraction of sp³-hybridized carbons (Fsp3) is 0.438. The highest BCUT2D eigenvalue weighted by Crippen LogP contribution is 2.34. The Morgan fingerprint density at radius 3 is 2.57 bits per heavy atom. The Kier molecular flexibility index (Phi) is 3.27. The number of carboxylic acid groups (broad SMARTS) is 1. The SMILES string of the molecule is Cc1nc2ccccc2nc1N1CCCCC1(C)C(=O)O. The van der Waals surface area contributed by atoms with Crippen molar-refractivity contribution in [1.82, 2.24) is 9.97 Å². The second-order valence-electron chi connectivity index (χ2n) is 5.81. The van der Waals surface area contributed by atoms with E-state index >= 15 is 0 Å². The summed E-state index contributed by atoms with van der Waals surface area (Å²) in [6.45, 7) is 4.38. The fourth-order valence-corrected chi connectivity index (χ4v) is 3.02. The highest BCUT2D eigenvalue weighted by atomic mass is 16.4. The van der Waals surface area contributed by atoms with E-state index in [0.29, 0.717) is 18.8 Å². The van der Waals surface area contributed by atoms with Crippen LogP contribution in [0.3, 0.4) is 0 Å². The van der Waals surface area contributed by atoms with Crippen molar-refractivity contribution >= 4 is 22.8 Å². The molecule has 1 aromatic heterocycles. The number of benzene rings is 1. The molecule has 2 aromatic rings. The first-order valence-corrected chi connectivity index (χ1v) is 7.27. The summed E-state index contributed by atoms with van der Waals surface area (Å²) in [7, 11) is 0. The first-order valence-electron chi connectivity index (χ1n) is 7.27. The van der Waals surface area contributed by atoms with Crippen LogP contribution in [0.4, 0.5) is 5.82 Å². The molecule has 1 aliphatic rings. The average molecular weight is 285 g/mol. The molecular formula is C16H19N3O2. The van der Waals surface area contributed by atoms with Crippen molar-refractivity contribution in [3.63, 3.8) is 0 Å². The van der Waals surface area contributed by atoms with Crippen LogP contribution in [-0.4, -0.2) is 33.1 Å². The number of carbonyl (C=O) groups is 1. The smallest absolute Gasteiger partial charge is 0.329 e. The fourth-order valence-electron chi connectivity index (χ4n) is 3.02. The van der Waals surface area contributed by atoms with Gasteiger partial charge in [0.1, 0.15) is 5.54 Å². The predicted molar refractivity (Wildman–Crippen MR) is 81.5 cm³/mol. The van der Waals surface area contributed by atoms with Gasteiger partial charge >= 0.3 is 5.97 Å². The van der Waals surface area contributed by atoms with E-state index in [-0.39, 0.29) is 0 Å². The van der Waals surface area contributed by atoms with Crippen LogP contribution in [0.5, 0.6) is 0 Å². The molecule has 21 heavy (non-hydrogen) atoms. The van der Waals surface area contributed by atoms with E-state index in [2.05, 4.69) is 9.97 Å². The van der Waals surface area contributed by atoms with E-state index < -0.39 is 11.5 Å². The number of nitrogens with zero attached hydrogens (tertiary/aromatic N) is 3. The average Bonchev–Trinajstić information content (AvgIpc) is 2.47. The molecular weight excluding hydrogens is 266 g/mol. The van der Waals surface area contributed by atoms with Crippen LogP contribution in [0.25, 0.3) is 11.0 Å². The first-order chi connectivity index (χ1) is 10.0. The molecule has 0 bridgehead atoms. The summed E-state index contributed by atoms with van der Waals surface area (Å²) >= 11 is 0. The summed E-state index contributed by atoms with van der Waals surface area (Å²) in [5.41, 5.74) is 1.52. The van der Waals surface area contributed by atoms with Crippen molar-refractivity contribution in [3.05, 3.63) is 30.0 Å². The van der Waals surface area contributed by atoms with Gasteiger partial charge in [0, 0.05) is 6.54 Å². The maximum Gasteiger partial charge on any atom is 0.329 e. The van der Waals surface area contributed by atoms with Gasteiger partial charge in [-0.2, -0.15) is 0 Å². The zero-order valence-electron chi connectivity index (χ0n) is 12.3. The Balaban J connectivity index is 2.13. The van der Waals surface area contributed by atoms with Gasteiger partial charge in [0.25, 0.3) is 0 Å². The minimum Gasteiger partial charge on any atom is -0.480 e. The van der Waals surface area contributed by atoms with Gasteiger partial charge in [-0.05, 0) is 45.2 Å². The summed E-state index contributed by atoms with van der Waals surface area (Å²) in [5, 5.41) is 9.64. The standard InChI is InChI=1S/C16H19N3O2/c1-11-14(18-13-8-4-3-7-12(13)17-11)19-10-6-5-9-16(19,2)15(20)21/h3-4,7-8H,5-6,9-10H2,1-2H3,(H,20,21). The number of hydrogen-bond acceptors (Lipinski definition) is 4. The number of hydrogen-bond donors (Lipinski definition) is 1. The number of aromatic nitrogens is 2. The van der Waals surface area contributed by atoms with E-state index in [0.717, 1.165) is 29.6 Å². The Morgan fingerprint density at radius 2 is 1.90 bits per heavy atom. The number of carboxylic acids is 1. The van der Waals surface area contributed by atoms with Gasteiger partial charge in [-0.1, -0.05) is 12.1 Å². The number of para-hydroxylation sites is 2. The molecule has 3 rings (SSSR count). The maximum absolute atomic E-state index is 11.7. The number of piperidine rings is 1. The molecule has 0 aliphatic carbocycles. The Labute approximate surface area is 123 Å². The lowest BCUT2D eigenvalue weighted by molar-refractivity contribution is -0.143. The molecule has 1 N–H and O–H groups in total. The lowest BCUT2D eigenvalue weighted by atomic mass is 9.88. The van der Waals surface area contributed by atoms with Crippen LogP contribution >= 0.6 is 0 Å². The van der Waals surface area contributed by atoms with Crippen molar-refractivity contribution in [1.29, 1.82) is 0 Å². The second-order valence-corrected chi connectivity index (χ2v) is 5.81. The number of aryl methyl sites for hydroxylation is 1. The van der Waals surface area contributed by atoms with Gasteiger partial charge in [-0.15, -0.1) is 0 Å². The Bertz CT molecular complexity index is 701. The predicted octanol–water partition coefficient (Wildman–Crippen LogP) is 2.77. The van der Waals surface area contributed by atoms with Gasteiger partial charge in [0.15, 0.2) is 5.82 Å². The van der Waals surface area contributed by atoms with E-state index in [1.807, 2.05) is 36.1 Å².